The number of rotatable bonds is 6. The molecule has 0 radical (unpaired) electrons. The van der Waals surface area contributed by atoms with E-state index in [1.807, 2.05) is 49.4 Å². The van der Waals surface area contributed by atoms with Gasteiger partial charge in [-0.1, -0.05) is 30.3 Å². The van der Waals surface area contributed by atoms with Crippen LogP contribution < -0.4 is 15.2 Å². The van der Waals surface area contributed by atoms with Crippen molar-refractivity contribution in [1.29, 1.82) is 0 Å². The molecule has 0 heterocycles. The van der Waals surface area contributed by atoms with Gasteiger partial charge in [0.05, 0.1) is 13.7 Å². The van der Waals surface area contributed by atoms with Gasteiger partial charge in [0, 0.05) is 11.6 Å². The first-order valence-electron chi connectivity index (χ1n) is 6.84. The molecule has 0 aliphatic rings. The number of nitrogens with two attached hydrogens (primary N) is 1. The Labute approximate surface area is 120 Å². The standard InChI is InChI=1S/C17H21NO2/c1-3-20-14-8-6-7-13(11-14)12-16(18)15-9-4-5-10-17(15)19-2/h4-11,16H,3,12,18H2,1-2H3. The Kier molecular flexibility index (Phi) is 5.02. The van der Waals surface area contributed by atoms with Crippen LogP contribution in [0.5, 0.6) is 11.5 Å². The fourth-order valence-corrected chi connectivity index (χ4v) is 2.27. The molecule has 2 N–H and O–H groups in total. The van der Waals surface area contributed by atoms with Crippen LogP contribution >= 0.6 is 0 Å². The van der Waals surface area contributed by atoms with Gasteiger partial charge in [0.15, 0.2) is 0 Å². The lowest BCUT2D eigenvalue weighted by atomic mass is 9.99. The number of ether oxygens (including phenoxy) is 2. The number of para-hydroxylation sites is 1. The van der Waals surface area contributed by atoms with Gasteiger partial charge in [-0.05, 0) is 37.1 Å². The van der Waals surface area contributed by atoms with Gasteiger partial charge < -0.3 is 15.2 Å². The van der Waals surface area contributed by atoms with Crippen molar-refractivity contribution < 1.29 is 9.47 Å². The summed E-state index contributed by atoms with van der Waals surface area (Å²) in [6, 6.07) is 15.8. The lowest BCUT2D eigenvalue weighted by Crippen LogP contribution is -2.14. The maximum atomic E-state index is 6.31. The van der Waals surface area contributed by atoms with Crippen molar-refractivity contribution >= 4 is 0 Å². The van der Waals surface area contributed by atoms with Gasteiger partial charge in [-0.3, -0.25) is 0 Å². The average Bonchev–Trinajstić information content (AvgIpc) is 2.48. The van der Waals surface area contributed by atoms with Crippen LogP contribution in [0.15, 0.2) is 48.5 Å². The highest BCUT2D eigenvalue weighted by Crippen LogP contribution is 2.26. The van der Waals surface area contributed by atoms with Crippen LogP contribution in [0.1, 0.15) is 24.1 Å². The van der Waals surface area contributed by atoms with E-state index in [4.69, 9.17) is 15.2 Å². The zero-order chi connectivity index (χ0) is 14.4. The molecule has 0 aliphatic carbocycles. The van der Waals surface area contributed by atoms with E-state index in [1.54, 1.807) is 7.11 Å². The Morgan fingerprint density at radius 2 is 1.90 bits per heavy atom. The summed E-state index contributed by atoms with van der Waals surface area (Å²) < 4.78 is 10.9. The second-order valence-electron chi connectivity index (χ2n) is 4.63. The van der Waals surface area contributed by atoms with Crippen LogP contribution in [0.25, 0.3) is 0 Å². The molecule has 3 heteroatoms. The van der Waals surface area contributed by atoms with Gasteiger partial charge in [0.2, 0.25) is 0 Å². The van der Waals surface area contributed by atoms with E-state index < -0.39 is 0 Å². The molecule has 2 rings (SSSR count). The summed E-state index contributed by atoms with van der Waals surface area (Å²) in [4.78, 5) is 0. The van der Waals surface area contributed by atoms with Gasteiger partial charge in [-0.15, -0.1) is 0 Å². The van der Waals surface area contributed by atoms with Crippen molar-refractivity contribution in [3.05, 3.63) is 59.7 Å². The maximum Gasteiger partial charge on any atom is 0.123 e. The minimum atomic E-state index is -0.0944. The minimum Gasteiger partial charge on any atom is -0.496 e. The SMILES string of the molecule is CCOc1cccc(CC(N)c2ccccc2OC)c1. The third-order valence-corrected chi connectivity index (χ3v) is 3.20. The highest BCUT2D eigenvalue weighted by Gasteiger charge is 2.12. The zero-order valence-electron chi connectivity index (χ0n) is 12.0. The van der Waals surface area contributed by atoms with Crippen LogP contribution in [0.4, 0.5) is 0 Å². The minimum absolute atomic E-state index is 0.0944. The van der Waals surface area contributed by atoms with Gasteiger partial charge in [-0.2, -0.15) is 0 Å². The quantitative estimate of drug-likeness (QED) is 0.876. The molecule has 0 aromatic heterocycles. The molecule has 0 bridgehead atoms. The van der Waals surface area contributed by atoms with E-state index in [9.17, 15) is 0 Å². The van der Waals surface area contributed by atoms with E-state index in [-0.39, 0.29) is 6.04 Å². The predicted octanol–water partition coefficient (Wildman–Crippen LogP) is 3.34. The lowest BCUT2D eigenvalue weighted by molar-refractivity contribution is 0.340. The topological polar surface area (TPSA) is 44.5 Å². The van der Waals surface area contributed by atoms with Crippen LogP contribution in [0.3, 0.4) is 0 Å². The number of hydrogen-bond donors (Lipinski definition) is 1. The summed E-state index contributed by atoms with van der Waals surface area (Å²) in [7, 11) is 1.67. The van der Waals surface area contributed by atoms with E-state index in [1.165, 1.54) is 0 Å². The summed E-state index contributed by atoms with van der Waals surface area (Å²) in [6.45, 7) is 2.65. The molecule has 1 atom stereocenters. The number of methoxy groups -OCH3 is 1. The third-order valence-electron chi connectivity index (χ3n) is 3.20. The normalized spacial score (nSPS) is 11.9. The fourth-order valence-electron chi connectivity index (χ4n) is 2.27. The zero-order valence-corrected chi connectivity index (χ0v) is 12.0. The molecule has 2 aromatic rings. The molecule has 20 heavy (non-hydrogen) atoms. The van der Waals surface area contributed by atoms with Crippen molar-refractivity contribution in [3.8, 4) is 11.5 Å². The predicted molar refractivity (Wildman–Crippen MR) is 81.2 cm³/mol. The van der Waals surface area contributed by atoms with Gasteiger partial charge in [-0.25, -0.2) is 0 Å². The first kappa shape index (κ1) is 14.4. The molecule has 0 amide bonds. The summed E-state index contributed by atoms with van der Waals surface area (Å²) in [5.74, 6) is 1.72. The van der Waals surface area contributed by atoms with Crippen LogP contribution in [-0.4, -0.2) is 13.7 Å². The smallest absolute Gasteiger partial charge is 0.123 e. The maximum absolute atomic E-state index is 6.31. The monoisotopic (exact) mass is 271 g/mol. The largest absolute Gasteiger partial charge is 0.496 e. The first-order valence-corrected chi connectivity index (χ1v) is 6.84. The first-order chi connectivity index (χ1) is 9.74. The molecule has 0 saturated heterocycles. The molecule has 3 nitrogen and oxygen atoms in total. The van der Waals surface area contributed by atoms with Crippen molar-refractivity contribution in [3.63, 3.8) is 0 Å². The van der Waals surface area contributed by atoms with Gasteiger partial charge in [0.25, 0.3) is 0 Å². The Morgan fingerprint density at radius 1 is 1.10 bits per heavy atom. The molecule has 0 saturated carbocycles. The second-order valence-corrected chi connectivity index (χ2v) is 4.63. The molecule has 0 aliphatic heterocycles. The fraction of sp³-hybridized carbons (Fsp3) is 0.294. The summed E-state index contributed by atoms with van der Waals surface area (Å²) >= 11 is 0. The van der Waals surface area contributed by atoms with Crippen molar-refractivity contribution in [1.82, 2.24) is 0 Å². The molecule has 2 aromatic carbocycles. The van der Waals surface area contributed by atoms with Crippen LogP contribution in [0.2, 0.25) is 0 Å². The summed E-state index contributed by atoms with van der Waals surface area (Å²) in [5.41, 5.74) is 8.49. The lowest BCUT2D eigenvalue weighted by Gasteiger charge is -2.16. The Hall–Kier alpha value is -2.00. The highest BCUT2D eigenvalue weighted by atomic mass is 16.5. The molecule has 0 fully saturated rings. The summed E-state index contributed by atoms with van der Waals surface area (Å²) in [5, 5.41) is 0. The Balaban J connectivity index is 2.14. The van der Waals surface area contributed by atoms with Crippen molar-refractivity contribution in [2.75, 3.05) is 13.7 Å². The van der Waals surface area contributed by atoms with E-state index >= 15 is 0 Å². The Bertz CT molecular complexity index is 554. The average molecular weight is 271 g/mol. The number of benzene rings is 2. The second kappa shape index (κ2) is 6.96. The van der Waals surface area contributed by atoms with Crippen LogP contribution in [0, 0.1) is 0 Å². The summed E-state index contributed by atoms with van der Waals surface area (Å²) in [6.07, 6.45) is 0.751. The molecular weight excluding hydrogens is 250 g/mol. The third kappa shape index (κ3) is 3.52. The van der Waals surface area contributed by atoms with Gasteiger partial charge in [0.1, 0.15) is 11.5 Å². The van der Waals surface area contributed by atoms with E-state index in [0.717, 1.165) is 29.0 Å². The van der Waals surface area contributed by atoms with E-state index in [0.29, 0.717) is 6.61 Å². The number of hydrogen-bond acceptors (Lipinski definition) is 3. The van der Waals surface area contributed by atoms with Gasteiger partial charge >= 0.3 is 0 Å². The molecule has 1 unspecified atom stereocenters. The van der Waals surface area contributed by atoms with Crippen molar-refractivity contribution in [2.24, 2.45) is 5.73 Å². The molecule has 106 valence electrons. The van der Waals surface area contributed by atoms with Crippen molar-refractivity contribution in [2.45, 2.75) is 19.4 Å². The molecule has 0 spiro atoms. The highest BCUT2D eigenvalue weighted by molar-refractivity contribution is 5.37. The molecular formula is C17H21NO2. The van der Waals surface area contributed by atoms with E-state index in [2.05, 4.69) is 6.07 Å². The Morgan fingerprint density at radius 3 is 2.65 bits per heavy atom. The van der Waals surface area contributed by atoms with Crippen LogP contribution in [-0.2, 0) is 6.42 Å².